The summed E-state index contributed by atoms with van der Waals surface area (Å²) < 4.78 is 0. The third-order valence-corrected chi connectivity index (χ3v) is 9.29. The van der Waals surface area contributed by atoms with Gasteiger partial charge in [-0.15, -0.1) is 0 Å². The van der Waals surface area contributed by atoms with Crippen molar-refractivity contribution in [3.8, 4) is 0 Å². The van der Waals surface area contributed by atoms with Gasteiger partial charge in [0.1, 0.15) is 0 Å². The molecule has 0 amide bonds. The van der Waals surface area contributed by atoms with Crippen LogP contribution in [-0.2, 0) is 11.2 Å². The predicted octanol–water partition coefficient (Wildman–Crippen LogP) is 6.16. The van der Waals surface area contributed by atoms with E-state index in [4.69, 9.17) is 0 Å². The minimum atomic E-state index is -0.650. The molecule has 2 unspecified atom stereocenters. The Hall–Kier alpha value is -1.98. The Bertz CT molecular complexity index is 981. The highest BCUT2D eigenvalue weighted by Crippen LogP contribution is 2.35. The predicted molar refractivity (Wildman–Crippen MR) is 146 cm³/mol. The van der Waals surface area contributed by atoms with E-state index in [9.17, 15) is 9.90 Å². The van der Waals surface area contributed by atoms with Crippen molar-refractivity contribution in [3.63, 3.8) is 0 Å². The topological polar surface area (TPSA) is 56.7 Å². The first-order valence-electron chi connectivity index (χ1n) is 14.7. The fourth-order valence-corrected chi connectivity index (χ4v) is 7.31. The molecule has 1 saturated heterocycles. The first-order valence-corrected chi connectivity index (χ1v) is 14.7. The van der Waals surface area contributed by atoms with Crippen LogP contribution in [0, 0.1) is 11.8 Å². The molecule has 2 saturated carbocycles. The molecule has 1 aromatic carbocycles. The first-order chi connectivity index (χ1) is 17.6. The number of fused-ring (bicyclic) bond motifs is 1. The van der Waals surface area contributed by atoms with Gasteiger partial charge in [-0.1, -0.05) is 43.9 Å². The summed E-state index contributed by atoms with van der Waals surface area (Å²) in [5, 5.41) is 10.8. The zero-order valence-electron chi connectivity index (χ0n) is 22.0. The molecule has 36 heavy (non-hydrogen) atoms. The molecule has 5 nitrogen and oxygen atoms in total. The van der Waals surface area contributed by atoms with E-state index >= 15 is 0 Å². The number of rotatable bonds is 10. The average Bonchev–Trinajstić information content (AvgIpc) is 3.37. The van der Waals surface area contributed by atoms with Crippen LogP contribution in [0.2, 0.25) is 0 Å². The smallest absolute Gasteiger partial charge is 0.317 e. The van der Waals surface area contributed by atoms with Gasteiger partial charge >= 0.3 is 5.97 Å². The van der Waals surface area contributed by atoms with Gasteiger partial charge < -0.3 is 10.0 Å². The number of hydrogen-bond donors (Lipinski definition) is 1. The van der Waals surface area contributed by atoms with Crippen molar-refractivity contribution in [2.24, 2.45) is 11.8 Å². The number of aromatic nitrogens is 1. The molecular weight excluding hydrogens is 446 g/mol. The molecule has 2 atom stereocenters. The van der Waals surface area contributed by atoms with Gasteiger partial charge in [-0.05, 0) is 100 Å². The number of carbonyl (C=O) groups is 1. The van der Waals surface area contributed by atoms with Crippen LogP contribution in [-0.4, -0.2) is 64.1 Å². The normalized spacial score (nSPS) is 24.6. The van der Waals surface area contributed by atoms with E-state index < -0.39 is 5.97 Å². The van der Waals surface area contributed by atoms with E-state index in [0.717, 1.165) is 23.8 Å². The van der Waals surface area contributed by atoms with Gasteiger partial charge in [-0.3, -0.25) is 14.7 Å². The van der Waals surface area contributed by atoms with Crippen LogP contribution in [0.3, 0.4) is 0 Å². The molecule has 196 valence electrons. The van der Waals surface area contributed by atoms with Crippen LogP contribution >= 0.6 is 0 Å². The number of pyridine rings is 1. The van der Waals surface area contributed by atoms with E-state index in [2.05, 4.69) is 51.3 Å². The molecule has 3 aliphatic rings. The molecule has 1 N–H and O–H groups in total. The lowest BCUT2D eigenvalue weighted by Gasteiger charge is -2.38. The van der Waals surface area contributed by atoms with E-state index in [1.807, 2.05) is 0 Å². The Morgan fingerprint density at radius 2 is 1.78 bits per heavy atom. The highest BCUT2D eigenvalue weighted by molar-refractivity contribution is 5.78. The number of nitrogens with zero attached hydrogens (tertiary/aromatic N) is 3. The number of aryl methyl sites for hydroxylation is 1. The molecule has 0 bridgehead atoms. The Morgan fingerprint density at radius 1 is 0.972 bits per heavy atom. The Morgan fingerprint density at radius 3 is 2.58 bits per heavy atom. The van der Waals surface area contributed by atoms with Gasteiger partial charge in [0.2, 0.25) is 0 Å². The number of benzene rings is 1. The van der Waals surface area contributed by atoms with Crippen LogP contribution in [0.1, 0.15) is 82.6 Å². The Balaban J connectivity index is 1.02. The standard InChI is InChI=1S/C31H45N3O2/c35-31(36)23-34(28-10-2-1-3-11-28)29-14-13-26(20-29)22-33-17-15-24(16-18-33)7-6-8-25-19-27-9-4-5-12-30(27)32-21-25/h4-5,9,12,19,21,24,26,28-29H,1-3,6-8,10-11,13-18,20,22-23H2,(H,35,36). The summed E-state index contributed by atoms with van der Waals surface area (Å²) in [6.07, 6.45) is 18.4. The number of aliphatic carboxylic acids is 1. The molecular formula is C31H45N3O2. The SMILES string of the molecule is O=C(O)CN(C1CCCCC1)C1CCC(CN2CCC(CCCc3cnc4ccccc4c3)CC2)C1. The molecule has 5 rings (SSSR count). The first kappa shape index (κ1) is 25.7. The van der Waals surface area contributed by atoms with Crippen molar-refractivity contribution in [2.75, 3.05) is 26.2 Å². The maximum atomic E-state index is 11.6. The number of carboxylic acid groups (broad SMARTS) is 1. The fraction of sp³-hybridized carbons (Fsp3) is 0.677. The summed E-state index contributed by atoms with van der Waals surface area (Å²) in [5.41, 5.74) is 2.46. The molecule has 3 fully saturated rings. The quantitative estimate of drug-likeness (QED) is 0.431. The average molecular weight is 492 g/mol. The van der Waals surface area contributed by atoms with Gasteiger partial charge in [-0.2, -0.15) is 0 Å². The zero-order chi connectivity index (χ0) is 24.7. The molecule has 5 heteroatoms. The maximum absolute atomic E-state index is 11.6. The van der Waals surface area contributed by atoms with Crippen molar-refractivity contribution in [3.05, 3.63) is 42.1 Å². The van der Waals surface area contributed by atoms with Crippen LogP contribution in [0.4, 0.5) is 0 Å². The van der Waals surface area contributed by atoms with Crippen LogP contribution in [0.25, 0.3) is 10.9 Å². The number of hydrogen-bond acceptors (Lipinski definition) is 4. The van der Waals surface area contributed by atoms with Crippen LogP contribution in [0.15, 0.2) is 36.5 Å². The summed E-state index contributed by atoms with van der Waals surface area (Å²) in [7, 11) is 0. The van der Waals surface area contributed by atoms with Gasteiger partial charge in [0.15, 0.2) is 0 Å². The monoisotopic (exact) mass is 491 g/mol. The van der Waals surface area contributed by atoms with E-state index in [1.165, 1.54) is 108 Å². The number of para-hydroxylation sites is 1. The molecule has 2 aliphatic carbocycles. The minimum absolute atomic E-state index is 0.239. The second-order valence-corrected chi connectivity index (χ2v) is 11.9. The summed E-state index contributed by atoms with van der Waals surface area (Å²) in [4.78, 5) is 21.3. The van der Waals surface area contributed by atoms with Gasteiger partial charge in [0.05, 0.1) is 12.1 Å². The lowest BCUT2D eigenvalue weighted by Crippen LogP contribution is -2.46. The molecule has 1 aromatic heterocycles. The minimum Gasteiger partial charge on any atom is -0.480 e. The number of piperidine rings is 1. The van der Waals surface area contributed by atoms with Crippen LogP contribution in [0.5, 0.6) is 0 Å². The Kier molecular flexibility index (Phi) is 8.92. The van der Waals surface area contributed by atoms with Crippen molar-refractivity contribution < 1.29 is 9.90 Å². The maximum Gasteiger partial charge on any atom is 0.317 e. The molecule has 2 aromatic rings. The molecule has 0 radical (unpaired) electrons. The van der Waals surface area contributed by atoms with Crippen molar-refractivity contribution in [1.29, 1.82) is 0 Å². The lowest BCUT2D eigenvalue weighted by molar-refractivity contribution is -0.140. The van der Waals surface area contributed by atoms with E-state index in [-0.39, 0.29) is 6.54 Å². The highest BCUT2D eigenvalue weighted by atomic mass is 16.4. The second-order valence-electron chi connectivity index (χ2n) is 11.9. The van der Waals surface area contributed by atoms with Crippen molar-refractivity contribution in [1.82, 2.24) is 14.8 Å². The molecule has 2 heterocycles. The second kappa shape index (κ2) is 12.5. The Labute approximate surface area is 217 Å². The summed E-state index contributed by atoms with van der Waals surface area (Å²) in [6, 6.07) is 11.7. The summed E-state index contributed by atoms with van der Waals surface area (Å²) >= 11 is 0. The number of carboxylic acids is 1. The zero-order valence-corrected chi connectivity index (χ0v) is 22.0. The van der Waals surface area contributed by atoms with Crippen LogP contribution < -0.4 is 0 Å². The summed E-state index contributed by atoms with van der Waals surface area (Å²) in [5.74, 6) is 0.957. The number of likely N-dealkylation sites (tertiary alicyclic amines) is 1. The third-order valence-electron chi connectivity index (χ3n) is 9.29. The third kappa shape index (κ3) is 6.86. The lowest BCUT2D eigenvalue weighted by atomic mass is 9.90. The van der Waals surface area contributed by atoms with E-state index in [1.54, 1.807) is 0 Å². The summed E-state index contributed by atoms with van der Waals surface area (Å²) in [6.45, 7) is 3.94. The largest absolute Gasteiger partial charge is 0.480 e. The van der Waals surface area contributed by atoms with Gasteiger partial charge in [-0.25, -0.2) is 0 Å². The van der Waals surface area contributed by atoms with Gasteiger partial charge in [0, 0.05) is 30.2 Å². The molecule has 1 aliphatic heterocycles. The van der Waals surface area contributed by atoms with Crippen molar-refractivity contribution >= 4 is 16.9 Å². The fourth-order valence-electron chi connectivity index (χ4n) is 7.31. The molecule has 0 spiro atoms. The van der Waals surface area contributed by atoms with Crippen molar-refractivity contribution in [2.45, 2.75) is 95.6 Å². The highest BCUT2D eigenvalue weighted by Gasteiger charge is 2.35. The van der Waals surface area contributed by atoms with Gasteiger partial charge in [0.25, 0.3) is 0 Å². The van der Waals surface area contributed by atoms with E-state index in [0.29, 0.717) is 12.1 Å².